The van der Waals surface area contributed by atoms with Gasteiger partial charge in [-0.25, -0.2) is 10.9 Å². The fraction of sp³-hybridized carbons (Fsp3) is 0. The summed E-state index contributed by atoms with van der Waals surface area (Å²) in [6, 6.07) is 19.0. The standard InChI is InChI=1S/C22H18N4O4/c27-19-8-2-6-17(11-19)21(29)25-23-13-15-4-1-5-16(10-15)14-24-26-22(30)18-7-3-9-20(28)12-18/h1-14,27-28H,(H,25,29)(H,26,30)/b23-13+,24-14+. The number of hydrogen-bond donors (Lipinski definition) is 4. The minimum absolute atomic E-state index is 0.00484. The summed E-state index contributed by atoms with van der Waals surface area (Å²) in [6.45, 7) is 0. The van der Waals surface area contributed by atoms with Crippen LogP contribution < -0.4 is 10.9 Å². The molecule has 0 saturated heterocycles. The van der Waals surface area contributed by atoms with E-state index in [1.807, 2.05) is 0 Å². The zero-order valence-electron chi connectivity index (χ0n) is 15.7. The van der Waals surface area contributed by atoms with E-state index in [9.17, 15) is 19.8 Å². The number of nitrogens with one attached hydrogen (secondary N) is 2. The zero-order valence-corrected chi connectivity index (χ0v) is 15.7. The summed E-state index contributed by atoms with van der Waals surface area (Å²) in [5, 5.41) is 26.6. The number of rotatable bonds is 6. The Labute approximate surface area is 172 Å². The van der Waals surface area contributed by atoms with Gasteiger partial charge < -0.3 is 10.2 Å². The Morgan fingerprint density at radius 3 is 1.53 bits per heavy atom. The van der Waals surface area contributed by atoms with Crippen molar-refractivity contribution in [3.8, 4) is 11.5 Å². The van der Waals surface area contributed by atoms with E-state index in [1.165, 1.54) is 36.7 Å². The molecule has 0 bridgehead atoms. The number of carbonyl (C=O) groups is 2. The zero-order chi connectivity index (χ0) is 21.3. The monoisotopic (exact) mass is 402 g/mol. The molecule has 0 unspecified atom stereocenters. The Morgan fingerprint density at radius 2 is 1.10 bits per heavy atom. The SMILES string of the molecule is O=C(N/N=C/c1cccc(/C=N/NC(=O)c2cccc(O)c2)c1)c1cccc(O)c1. The number of aromatic hydroxyl groups is 2. The van der Waals surface area contributed by atoms with Gasteiger partial charge in [-0.3, -0.25) is 9.59 Å². The highest BCUT2D eigenvalue weighted by Crippen LogP contribution is 2.11. The lowest BCUT2D eigenvalue weighted by Crippen LogP contribution is -2.17. The van der Waals surface area contributed by atoms with Gasteiger partial charge in [0.2, 0.25) is 0 Å². The van der Waals surface area contributed by atoms with Gasteiger partial charge in [-0.2, -0.15) is 10.2 Å². The summed E-state index contributed by atoms with van der Waals surface area (Å²) < 4.78 is 0. The van der Waals surface area contributed by atoms with Gasteiger partial charge in [0.1, 0.15) is 11.5 Å². The van der Waals surface area contributed by atoms with Gasteiger partial charge >= 0.3 is 0 Å². The van der Waals surface area contributed by atoms with Crippen molar-refractivity contribution in [3.05, 3.63) is 95.1 Å². The molecule has 30 heavy (non-hydrogen) atoms. The van der Waals surface area contributed by atoms with Gasteiger partial charge in [0, 0.05) is 11.1 Å². The quantitative estimate of drug-likeness (QED) is 0.374. The Bertz CT molecular complexity index is 1040. The topological polar surface area (TPSA) is 123 Å². The number of phenolic OH excluding ortho intramolecular Hbond substituents is 2. The van der Waals surface area contributed by atoms with E-state index in [0.717, 1.165) is 0 Å². The van der Waals surface area contributed by atoms with Crippen molar-refractivity contribution in [3.63, 3.8) is 0 Å². The molecule has 0 atom stereocenters. The van der Waals surface area contributed by atoms with Crippen LogP contribution in [0.5, 0.6) is 11.5 Å². The number of phenols is 2. The summed E-state index contributed by atoms with van der Waals surface area (Å²) >= 11 is 0. The molecule has 0 aliphatic carbocycles. The van der Waals surface area contributed by atoms with Crippen LogP contribution in [0.3, 0.4) is 0 Å². The van der Waals surface area contributed by atoms with Gasteiger partial charge in [-0.1, -0.05) is 30.3 Å². The second-order valence-electron chi connectivity index (χ2n) is 6.17. The molecule has 0 fully saturated rings. The van der Waals surface area contributed by atoms with Gasteiger partial charge in [0.25, 0.3) is 11.8 Å². The lowest BCUT2D eigenvalue weighted by molar-refractivity contribution is 0.0947. The smallest absolute Gasteiger partial charge is 0.271 e. The Balaban J connectivity index is 1.57. The second-order valence-corrected chi connectivity index (χ2v) is 6.17. The van der Waals surface area contributed by atoms with Crippen LogP contribution in [0, 0.1) is 0 Å². The molecule has 0 aliphatic rings. The molecule has 0 radical (unpaired) electrons. The van der Waals surface area contributed by atoms with Crippen molar-refractivity contribution in [2.75, 3.05) is 0 Å². The molecule has 4 N–H and O–H groups in total. The molecule has 3 aromatic rings. The summed E-state index contributed by atoms with van der Waals surface area (Å²) in [6.07, 6.45) is 2.92. The molecule has 8 nitrogen and oxygen atoms in total. The molecule has 0 spiro atoms. The molecule has 3 rings (SSSR count). The molecule has 0 aromatic heterocycles. The summed E-state index contributed by atoms with van der Waals surface area (Å²) in [7, 11) is 0. The highest BCUT2D eigenvalue weighted by molar-refractivity contribution is 5.96. The minimum Gasteiger partial charge on any atom is -0.508 e. The predicted octanol–water partition coefficient (Wildman–Crippen LogP) is 2.63. The van der Waals surface area contributed by atoms with Crippen molar-refractivity contribution in [2.24, 2.45) is 10.2 Å². The van der Waals surface area contributed by atoms with E-state index in [-0.39, 0.29) is 22.6 Å². The molecule has 3 aromatic carbocycles. The van der Waals surface area contributed by atoms with Crippen LogP contribution in [0.1, 0.15) is 31.8 Å². The predicted molar refractivity (Wildman–Crippen MR) is 113 cm³/mol. The van der Waals surface area contributed by atoms with E-state index in [2.05, 4.69) is 21.1 Å². The first-order valence-corrected chi connectivity index (χ1v) is 8.86. The van der Waals surface area contributed by atoms with Crippen LogP contribution in [0.2, 0.25) is 0 Å². The highest BCUT2D eigenvalue weighted by Gasteiger charge is 2.05. The molecule has 0 heterocycles. The maximum atomic E-state index is 12.0. The van der Waals surface area contributed by atoms with Crippen LogP contribution >= 0.6 is 0 Å². The highest BCUT2D eigenvalue weighted by atomic mass is 16.3. The largest absolute Gasteiger partial charge is 0.508 e. The first-order valence-electron chi connectivity index (χ1n) is 8.86. The molecular formula is C22H18N4O4. The Hall–Kier alpha value is -4.46. The summed E-state index contributed by atoms with van der Waals surface area (Å²) in [5.41, 5.74) is 6.75. The summed E-state index contributed by atoms with van der Waals surface area (Å²) in [4.78, 5) is 24.0. The molecular weight excluding hydrogens is 384 g/mol. The second kappa shape index (κ2) is 9.65. The third-order valence-electron chi connectivity index (χ3n) is 3.89. The maximum Gasteiger partial charge on any atom is 0.271 e. The van der Waals surface area contributed by atoms with Crippen molar-refractivity contribution < 1.29 is 19.8 Å². The van der Waals surface area contributed by atoms with Crippen LogP contribution in [0.25, 0.3) is 0 Å². The minimum atomic E-state index is -0.450. The average molecular weight is 402 g/mol. The van der Waals surface area contributed by atoms with Crippen molar-refractivity contribution in [1.82, 2.24) is 10.9 Å². The molecule has 150 valence electrons. The fourth-order valence-corrected chi connectivity index (χ4v) is 2.47. The van der Waals surface area contributed by atoms with Crippen LogP contribution in [-0.2, 0) is 0 Å². The van der Waals surface area contributed by atoms with Gasteiger partial charge in [0.05, 0.1) is 12.4 Å². The number of hydrogen-bond acceptors (Lipinski definition) is 6. The van der Waals surface area contributed by atoms with E-state index in [1.54, 1.807) is 48.5 Å². The maximum absolute atomic E-state index is 12.0. The number of hydrazone groups is 2. The van der Waals surface area contributed by atoms with Gasteiger partial charge in [-0.05, 0) is 53.6 Å². The van der Waals surface area contributed by atoms with E-state index >= 15 is 0 Å². The number of carbonyl (C=O) groups excluding carboxylic acids is 2. The fourth-order valence-electron chi connectivity index (χ4n) is 2.47. The molecule has 8 heteroatoms. The average Bonchev–Trinajstić information content (AvgIpc) is 2.74. The van der Waals surface area contributed by atoms with E-state index in [4.69, 9.17) is 0 Å². The molecule has 2 amide bonds. The summed E-state index contributed by atoms with van der Waals surface area (Å²) in [5.74, 6) is -0.909. The number of benzene rings is 3. The van der Waals surface area contributed by atoms with Crippen molar-refractivity contribution in [1.29, 1.82) is 0 Å². The first-order chi connectivity index (χ1) is 14.5. The van der Waals surface area contributed by atoms with Crippen LogP contribution in [-0.4, -0.2) is 34.5 Å². The van der Waals surface area contributed by atoms with Crippen LogP contribution in [0.4, 0.5) is 0 Å². The first kappa shape index (κ1) is 20.3. The van der Waals surface area contributed by atoms with E-state index in [0.29, 0.717) is 11.1 Å². The number of nitrogens with zero attached hydrogens (tertiary/aromatic N) is 2. The van der Waals surface area contributed by atoms with Crippen molar-refractivity contribution >= 4 is 24.2 Å². The van der Waals surface area contributed by atoms with E-state index < -0.39 is 11.8 Å². The van der Waals surface area contributed by atoms with Crippen molar-refractivity contribution in [2.45, 2.75) is 0 Å². The molecule has 0 aliphatic heterocycles. The van der Waals surface area contributed by atoms with Crippen LogP contribution in [0.15, 0.2) is 83.0 Å². The third kappa shape index (κ3) is 5.77. The Morgan fingerprint density at radius 1 is 0.667 bits per heavy atom. The third-order valence-corrected chi connectivity index (χ3v) is 3.89. The Kier molecular flexibility index (Phi) is 6.52. The normalized spacial score (nSPS) is 10.9. The van der Waals surface area contributed by atoms with Gasteiger partial charge in [0.15, 0.2) is 0 Å². The lowest BCUT2D eigenvalue weighted by Gasteiger charge is -2.01. The van der Waals surface area contributed by atoms with Gasteiger partial charge in [-0.15, -0.1) is 0 Å². The molecule has 0 saturated carbocycles. The number of amides is 2. The lowest BCUT2D eigenvalue weighted by atomic mass is 10.1.